The van der Waals surface area contributed by atoms with Gasteiger partial charge in [-0.25, -0.2) is 18.0 Å². The summed E-state index contributed by atoms with van der Waals surface area (Å²) in [7, 11) is -3.73. The molecule has 0 bridgehead atoms. The summed E-state index contributed by atoms with van der Waals surface area (Å²) in [4.78, 5) is 24.4. The van der Waals surface area contributed by atoms with E-state index in [9.17, 15) is 18.0 Å². The van der Waals surface area contributed by atoms with Crippen LogP contribution >= 0.6 is 0 Å². The van der Waals surface area contributed by atoms with Crippen LogP contribution in [0.25, 0.3) is 0 Å². The largest absolute Gasteiger partial charge is 0.478 e. The second-order valence-electron chi connectivity index (χ2n) is 6.70. The summed E-state index contributed by atoms with van der Waals surface area (Å²) in [5.74, 6) is -1.12. The summed E-state index contributed by atoms with van der Waals surface area (Å²) in [6.07, 6.45) is -0.463. The van der Waals surface area contributed by atoms with Crippen LogP contribution in [0.2, 0.25) is 0 Å². The highest BCUT2D eigenvalue weighted by Gasteiger charge is 2.31. The van der Waals surface area contributed by atoms with E-state index < -0.39 is 27.7 Å². The van der Waals surface area contributed by atoms with Crippen molar-refractivity contribution in [3.05, 3.63) is 29.8 Å². The van der Waals surface area contributed by atoms with Crippen molar-refractivity contribution >= 4 is 22.1 Å². The molecular weight excluding hydrogens is 348 g/mol. The number of rotatable bonds is 3. The van der Waals surface area contributed by atoms with Crippen molar-refractivity contribution in [1.29, 1.82) is 0 Å². The van der Waals surface area contributed by atoms with Crippen molar-refractivity contribution in [3.8, 4) is 0 Å². The van der Waals surface area contributed by atoms with Crippen molar-refractivity contribution in [2.45, 2.75) is 31.3 Å². The molecule has 1 aromatic rings. The lowest BCUT2D eigenvalue weighted by molar-refractivity contribution is 0.0192. The Morgan fingerprint density at radius 1 is 1.04 bits per heavy atom. The fraction of sp³-hybridized carbons (Fsp3) is 0.500. The minimum Gasteiger partial charge on any atom is -0.478 e. The van der Waals surface area contributed by atoms with Gasteiger partial charge in [0.05, 0.1) is 10.5 Å². The molecule has 1 aliphatic heterocycles. The molecule has 0 spiro atoms. The van der Waals surface area contributed by atoms with Gasteiger partial charge in [-0.3, -0.25) is 0 Å². The Labute approximate surface area is 147 Å². The summed E-state index contributed by atoms with van der Waals surface area (Å²) < 4.78 is 31.8. The normalized spacial score (nSPS) is 16.5. The van der Waals surface area contributed by atoms with E-state index in [1.807, 2.05) is 0 Å². The summed E-state index contributed by atoms with van der Waals surface area (Å²) in [5, 5.41) is 8.88. The molecule has 1 aromatic carbocycles. The molecule has 0 saturated carbocycles. The number of sulfonamides is 1. The van der Waals surface area contributed by atoms with Crippen molar-refractivity contribution in [2.75, 3.05) is 26.2 Å². The number of hydrogen-bond acceptors (Lipinski definition) is 5. The average Bonchev–Trinajstić information content (AvgIpc) is 2.53. The van der Waals surface area contributed by atoms with E-state index >= 15 is 0 Å². The van der Waals surface area contributed by atoms with E-state index in [2.05, 4.69) is 0 Å². The predicted molar refractivity (Wildman–Crippen MR) is 90.0 cm³/mol. The molecule has 1 amide bonds. The third-order valence-corrected chi connectivity index (χ3v) is 5.54. The van der Waals surface area contributed by atoms with Gasteiger partial charge >= 0.3 is 12.1 Å². The number of carbonyl (C=O) groups is 2. The molecule has 1 aliphatic rings. The van der Waals surface area contributed by atoms with Crippen molar-refractivity contribution in [1.82, 2.24) is 9.21 Å². The number of carbonyl (C=O) groups excluding carboxylic acids is 1. The van der Waals surface area contributed by atoms with Crippen LogP contribution in [0.15, 0.2) is 29.2 Å². The molecule has 0 aliphatic carbocycles. The lowest BCUT2D eigenvalue weighted by Crippen LogP contribution is -2.51. The number of benzene rings is 1. The molecule has 1 saturated heterocycles. The van der Waals surface area contributed by atoms with Gasteiger partial charge in [-0.15, -0.1) is 0 Å². The maximum Gasteiger partial charge on any atom is 0.410 e. The fourth-order valence-corrected chi connectivity index (χ4v) is 3.78. The van der Waals surface area contributed by atoms with Crippen LogP contribution < -0.4 is 0 Å². The van der Waals surface area contributed by atoms with Gasteiger partial charge < -0.3 is 14.7 Å². The first-order valence-corrected chi connectivity index (χ1v) is 9.26. The minimum absolute atomic E-state index is 0.0219. The molecule has 1 fully saturated rings. The topological polar surface area (TPSA) is 104 Å². The zero-order chi connectivity index (χ0) is 18.8. The van der Waals surface area contributed by atoms with E-state index in [4.69, 9.17) is 9.84 Å². The maximum atomic E-state index is 12.6. The van der Waals surface area contributed by atoms with E-state index in [1.165, 1.54) is 33.5 Å². The van der Waals surface area contributed by atoms with E-state index in [1.54, 1.807) is 20.8 Å². The number of hydrogen-bond donors (Lipinski definition) is 1. The molecule has 1 heterocycles. The molecule has 8 nitrogen and oxygen atoms in total. The number of piperazine rings is 1. The summed E-state index contributed by atoms with van der Waals surface area (Å²) in [5.41, 5.74) is -0.583. The number of ether oxygens (including phenoxy) is 1. The summed E-state index contributed by atoms with van der Waals surface area (Å²) >= 11 is 0. The number of aromatic carboxylic acids is 1. The molecule has 2 rings (SSSR count). The van der Waals surface area contributed by atoms with Gasteiger partial charge in [0.1, 0.15) is 5.60 Å². The van der Waals surface area contributed by atoms with Crippen LogP contribution in [-0.2, 0) is 14.8 Å². The smallest absolute Gasteiger partial charge is 0.410 e. The third kappa shape index (κ3) is 4.70. The van der Waals surface area contributed by atoms with E-state index in [-0.39, 0.29) is 36.6 Å². The molecule has 0 atom stereocenters. The lowest BCUT2D eigenvalue weighted by atomic mass is 10.2. The zero-order valence-corrected chi connectivity index (χ0v) is 15.2. The molecule has 0 unspecified atom stereocenters. The monoisotopic (exact) mass is 370 g/mol. The van der Waals surface area contributed by atoms with Crippen LogP contribution in [-0.4, -0.2) is 66.6 Å². The minimum atomic E-state index is -3.73. The Morgan fingerprint density at radius 3 is 2.00 bits per heavy atom. The maximum absolute atomic E-state index is 12.6. The van der Waals surface area contributed by atoms with Crippen molar-refractivity contribution in [2.24, 2.45) is 0 Å². The summed E-state index contributed by atoms with van der Waals surface area (Å²) in [6.45, 7) is 6.10. The summed E-state index contributed by atoms with van der Waals surface area (Å²) in [6, 6.07) is 5.07. The first kappa shape index (κ1) is 19.2. The Bertz CT molecular complexity index is 744. The van der Waals surface area contributed by atoms with Gasteiger partial charge in [0.25, 0.3) is 0 Å². The first-order valence-electron chi connectivity index (χ1n) is 7.82. The predicted octanol–water partition coefficient (Wildman–Crippen LogP) is 1.63. The lowest BCUT2D eigenvalue weighted by Gasteiger charge is -2.34. The van der Waals surface area contributed by atoms with Crippen LogP contribution in [0.3, 0.4) is 0 Å². The van der Waals surface area contributed by atoms with Crippen molar-refractivity contribution < 1.29 is 27.9 Å². The quantitative estimate of drug-likeness (QED) is 0.867. The number of amides is 1. The average molecular weight is 370 g/mol. The van der Waals surface area contributed by atoms with Crippen LogP contribution in [0, 0.1) is 0 Å². The fourth-order valence-electron chi connectivity index (χ4n) is 2.36. The molecular formula is C16H22N2O6S. The second kappa shape index (κ2) is 7.01. The van der Waals surface area contributed by atoms with Crippen LogP contribution in [0.4, 0.5) is 4.79 Å². The van der Waals surface area contributed by atoms with Gasteiger partial charge in [0, 0.05) is 26.2 Å². The highest BCUT2D eigenvalue weighted by molar-refractivity contribution is 7.89. The molecule has 0 aromatic heterocycles. The Morgan fingerprint density at radius 2 is 1.56 bits per heavy atom. The van der Waals surface area contributed by atoms with Crippen LogP contribution in [0.1, 0.15) is 31.1 Å². The standard InChI is InChI=1S/C16H22N2O6S/c1-16(2,3)24-15(21)17-8-10-18(11-9-17)25(22,23)13-6-4-12(5-7-13)14(19)20/h4-7H,8-11H2,1-3H3,(H,19,20). The molecule has 138 valence electrons. The van der Waals surface area contributed by atoms with E-state index in [0.29, 0.717) is 0 Å². The van der Waals surface area contributed by atoms with Crippen molar-refractivity contribution in [3.63, 3.8) is 0 Å². The second-order valence-corrected chi connectivity index (χ2v) is 8.64. The highest BCUT2D eigenvalue weighted by atomic mass is 32.2. The van der Waals surface area contributed by atoms with Gasteiger partial charge in [-0.2, -0.15) is 4.31 Å². The number of carboxylic acid groups (broad SMARTS) is 1. The zero-order valence-electron chi connectivity index (χ0n) is 14.4. The first-order chi connectivity index (χ1) is 11.5. The molecule has 25 heavy (non-hydrogen) atoms. The molecule has 9 heteroatoms. The van der Waals surface area contributed by atoms with Crippen LogP contribution in [0.5, 0.6) is 0 Å². The Hall–Kier alpha value is -2.13. The Balaban J connectivity index is 2.03. The van der Waals surface area contributed by atoms with Gasteiger partial charge in [-0.1, -0.05) is 0 Å². The van der Waals surface area contributed by atoms with Gasteiger partial charge in [-0.05, 0) is 45.0 Å². The molecule has 0 radical (unpaired) electrons. The van der Waals surface area contributed by atoms with E-state index in [0.717, 1.165) is 0 Å². The number of carboxylic acids is 1. The molecule has 1 N–H and O–H groups in total. The van der Waals surface area contributed by atoms with Gasteiger partial charge in [0.2, 0.25) is 10.0 Å². The Kier molecular flexibility index (Phi) is 5.38. The SMILES string of the molecule is CC(C)(C)OC(=O)N1CCN(S(=O)(=O)c2ccc(C(=O)O)cc2)CC1. The highest BCUT2D eigenvalue weighted by Crippen LogP contribution is 2.19. The third-order valence-electron chi connectivity index (χ3n) is 3.63. The number of nitrogens with zero attached hydrogens (tertiary/aromatic N) is 2. The van der Waals surface area contributed by atoms with Gasteiger partial charge in [0.15, 0.2) is 0 Å².